The summed E-state index contributed by atoms with van der Waals surface area (Å²) in [6, 6.07) is -0.616. The van der Waals surface area contributed by atoms with Gasteiger partial charge in [-0.3, -0.25) is 9.69 Å². The number of aliphatic carboxylic acids is 1. The highest BCUT2D eigenvalue weighted by Gasteiger charge is 2.31. The van der Waals surface area contributed by atoms with E-state index in [-0.39, 0.29) is 5.41 Å². The molecule has 106 valence electrons. The zero-order valence-corrected chi connectivity index (χ0v) is 12.5. The fourth-order valence-electron chi connectivity index (χ4n) is 2.17. The molecule has 2 heterocycles. The van der Waals surface area contributed by atoms with Gasteiger partial charge in [0.1, 0.15) is 0 Å². The Morgan fingerprint density at radius 1 is 1.47 bits per heavy atom. The van der Waals surface area contributed by atoms with Gasteiger partial charge in [-0.15, -0.1) is 11.3 Å². The number of carbonyl (C=O) groups is 1. The number of piperazine rings is 1. The van der Waals surface area contributed by atoms with Gasteiger partial charge < -0.3 is 10.4 Å². The van der Waals surface area contributed by atoms with Crippen LogP contribution in [0.3, 0.4) is 0 Å². The van der Waals surface area contributed by atoms with Crippen molar-refractivity contribution in [2.75, 3.05) is 26.2 Å². The van der Waals surface area contributed by atoms with Crippen LogP contribution < -0.4 is 5.32 Å². The summed E-state index contributed by atoms with van der Waals surface area (Å²) < 4.78 is 0. The second-order valence-corrected chi connectivity index (χ2v) is 6.71. The Morgan fingerprint density at radius 3 is 2.58 bits per heavy atom. The third-order valence-electron chi connectivity index (χ3n) is 3.19. The smallest absolute Gasteiger partial charge is 0.327 e. The number of hydrogen-bond acceptors (Lipinski definition) is 5. The zero-order valence-electron chi connectivity index (χ0n) is 11.6. The van der Waals surface area contributed by atoms with Crippen LogP contribution in [0.4, 0.5) is 0 Å². The molecule has 6 heteroatoms. The molecular formula is C13H21N3O2S. The Labute approximate surface area is 117 Å². The third-order valence-corrected chi connectivity index (χ3v) is 4.48. The van der Waals surface area contributed by atoms with Gasteiger partial charge in [0.05, 0.1) is 10.7 Å². The Kier molecular flexibility index (Phi) is 4.23. The van der Waals surface area contributed by atoms with Gasteiger partial charge in [0.2, 0.25) is 0 Å². The molecule has 0 bridgehead atoms. The van der Waals surface area contributed by atoms with Crippen molar-refractivity contribution in [3.63, 3.8) is 0 Å². The monoisotopic (exact) mass is 283 g/mol. The quantitative estimate of drug-likeness (QED) is 0.879. The molecule has 1 aromatic rings. The SMILES string of the molecule is CC(C)(C)c1nc(C(C(=O)O)N2CCNCC2)cs1. The number of nitrogens with one attached hydrogen (secondary N) is 1. The highest BCUT2D eigenvalue weighted by molar-refractivity contribution is 7.09. The van der Waals surface area contributed by atoms with Crippen LogP contribution in [0.2, 0.25) is 0 Å². The van der Waals surface area contributed by atoms with E-state index >= 15 is 0 Å². The average molecular weight is 283 g/mol. The molecule has 0 radical (unpaired) electrons. The average Bonchev–Trinajstić information content (AvgIpc) is 2.79. The molecule has 0 spiro atoms. The van der Waals surface area contributed by atoms with Crippen LogP contribution in [0.15, 0.2) is 5.38 Å². The molecule has 2 N–H and O–H groups in total. The first kappa shape index (κ1) is 14.4. The van der Waals surface area contributed by atoms with Gasteiger partial charge in [-0.05, 0) is 0 Å². The maximum Gasteiger partial charge on any atom is 0.327 e. The molecule has 1 atom stereocenters. The van der Waals surface area contributed by atoms with Crippen LogP contribution in [-0.4, -0.2) is 47.1 Å². The second-order valence-electron chi connectivity index (χ2n) is 5.85. The van der Waals surface area contributed by atoms with Crippen LogP contribution >= 0.6 is 11.3 Å². The Hall–Kier alpha value is -0.980. The first-order valence-electron chi connectivity index (χ1n) is 6.53. The second kappa shape index (κ2) is 5.56. The molecule has 0 amide bonds. The molecule has 2 rings (SSSR count). The molecule has 1 aliphatic rings. The van der Waals surface area contributed by atoms with Crippen molar-refractivity contribution in [1.82, 2.24) is 15.2 Å². The van der Waals surface area contributed by atoms with Gasteiger partial charge in [0, 0.05) is 37.0 Å². The molecule has 0 saturated carbocycles. The van der Waals surface area contributed by atoms with E-state index in [9.17, 15) is 9.90 Å². The highest BCUT2D eigenvalue weighted by atomic mass is 32.1. The summed E-state index contributed by atoms with van der Waals surface area (Å²) in [5, 5.41) is 15.6. The van der Waals surface area contributed by atoms with Gasteiger partial charge in [0.25, 0.3) is 0 Å². The van der Waals surface area contributed by atoms with E-state index in [1.807, 2.05) is 10.3 Å². The lowest BCUT2D eigenvalue weighted by molar-refractivity contribution is -0.144. The van der Waals surface area contributed by atoms with E-state index < -0.39 is 12.0 Å². The van der Waals surface area contributed by atoms with Crippen molar-refractivity contribution in [2.45, 2.75) is 32.2 Å². The molecule has 0 aliphatic carbocycles. The largest absolute Gasteiger partial charge is 0.480 e. The lowest BCUT2D eigenvalue weighted by atomic mass is 9.98. The normalized spacial score (nSPS) is 19.3. The van der Waals surface area contributed by atoms with E-state index in [1.54, 1.807) is 11.3 Å². The molecule has 5 nitrogen and oxygen atoms in total. The zero-order chi connectivity index (χ0) is 14.0. The summed E-state index contributed by atoms with van der Waals surface area (Å²) in [4.78, 5) is 18.1. The van der Waals surface area contributed by atoms with Crippen LogP contribution in [0.5, 0.6) is 0 Å². The number of rotatable bonds is 3. The highest BCUT2D eigenvalue weighted by Crippen LogP contribution is 2.30. The standard InChI is InChI=1S/C13H21N3O2S/c1-13(2,3)12-15-9(8-19-12)10(11(17)18)16-6-4-14-5-7-16/h8,10,14H,4-7H2,1-3H3,(H,17,18). The molecule has 1 unspecified atom stereocenters. The molecule has 1 aliphatic heterocycles. The van der Waals surface area contributed by atoms with Crippen molar-refractivity contribution < 1.29 is 9.90 Å². The van der Waals surface area contributed by atoms with Crippen LogP contribution in [-0.2, 0) is 10.2 Å². The van der Waals surface area contributed by atoms with Crippen molar-refractivity contribution >= 4 is 17.3 Å². The molecular weight excluding hydrogens is 262 g/mol. The number of thiazole rings is 1. The minimum absolute atomic E-state index is 0.0323. The minimum Gasteiger partial charge on any atom is -0.480 e. The number of aromatic nitrogens is 1. The van der Waals surface area contributed by atoms with Crippen molar-refractivity contribution in [1.29, 1.82) is 0 Å². The van der Waals surface area contributed by atoms with Crippen LogP contribution in [0, 0.1) is 0 Å². The topological polar surface area (TPSA) is 65.5 Å². The van der Waals surface area contributed by atoms with E-state index in [0.29, 0.717) is 5.69 Å². The lowest BCUT2D eigenvalue weighted by Crippen LogP contribution is -2.47. The minimum atomic E-state index is -0.812. The van der Waals surface area contributed by atoms with Gasteiger partial charge in [0.15, 0.2) is 6.04 Å². The fourth-order valence-corrected chi connectivity index (χ4v) is 3.09. The fraction of sp³-hybridized carbons (Fsp3) is 0.692. The lowest BCUT2D eigenvalue weighted by Gasteiger charge is -2.31. The molecule has 1 fully saturated rings. The van der Waals surface area contributed by atoms with E-state index in [0.717, 1.165) is 31.2 Å². The summed E-state index contributed by atoms with van der Waals surface area (Å²) >= 11 is 1.55. The van der Waals surface area contributed by atoms with E-state index in [4.69, 9.17) is 0 Å². The predicted molar refractivity (Wildman–Crippen MR) is 75.6 cm³/mol. The Morgan fingerprint density at radius 2 is 2.11 bits per heavy atom. The van der Waals surface area contributed by atoms with Gasteiger partial charge in [-0.25, -0.2) is 4.98 Å². The van der Waals surface area contributed by atoms with Crippen molar-refractivity contribution in [3.8, 4) is 0 Å². The number of carboxylic acids is 1. The number of nitrogens with zero attached hydrogens (tertiary/aromatic N) is 2. The molecule has 0 aromatic carbocycles. The third kappa shape index (κ3) is 3.32. The molecule has 1 aromatic heterocycles. The van der Waals surface area contributed by atoms with Gasteiger partial charge in [-0.1, -0.05) is 20.8 Å². The predicted octanol–water partition coefficient (Wildman–Crippen LogP) is 1.47. The van der Waals surface area contributed by atoms with Crippen LogP contribution in [0.25, 0.3) is 0 Å². The summed E-state index contributed by atoms with van der Waals surface area (Å²) in [5.74, 6) is -0.812. The summed E-state index contributed by atoms with van der Waals surface area (Å²) in [7, 11) is 0. The van der Waals surface area contributed by atoms with Crippen LogP contribution in [0.1, 0.15) is 37.5 Å². The number of hydrogen-bond donors (Lipinski definition) is 2. The summed E-state index contributed by atoms with van der Waals surface area (Å²) in [6.45, 7) is 9.45. The van der Waals surface area contributed by atoms with Gasteiger partial charge >= 0.3 is 5.97 Å². The first-order chi connectivity index (χ1) is 8.89. The van der Waals surface area contributed by atoms with Crippen molar-refractivity contribution in [2.24, 2.45) is 0 Å². The Bertz CT molecular complexity index is 447. The summed E-state index contributed by atoms with van der Waals surface area (Å²) in [5.41, 5.74) is 0.638. The van der Waals surface area contributed by atoms with E-state index in [1.165, 1.54) is 0 Å². The van der Waals surface area contributed by atoms with Gasteiger partial charge in [-0.2, -0.15) is 0 Å². The molecule has 19 heavy (non-hydrogen) atoms. The number of carboxylic acid groups (broad SMARTS) is 1. The van der Waals surface area contributed by atoms with E-state index in [2.05, 4.69) is 31.1 Å². The molecule has 1 saturated heterocycles. The maximum absolute atomic E-state index is 11.6. The summed E-state index contributed by atoms with van der Waals surface area (Å²) in [6.07, 6.45) is 0. The Balaban J connectivity index is 2.24. The van der Waals surface area contributed by atoms with Crippen molar-refractivity contribution in [3.05, 3.63) is 16.1 Å². The maximum atomic E-state index is 11.6. The first-order valence-corrected chi connectivity index (χ1v) is 7.41.